The molecule has 0 radical (unpaired) electrons. The largest absolute Gasteiger partial charge is 0.472 e. The van der Waals surface area contributed by atoms with E-state index >= 15 is 0 Å². The molecule has 0 aliphatic heterocycles. The first-order valence-electron chi connectivity index (χ1n) is 36.5. The van der Waals surface area contributed by atoms with E-state index in [0.29, 0.717) is 31.6 Å². The first-order valence-corrected chi connectivity index (χ1v) is 39.5. The molecule has 0 spiro atoms. The lowest BCUT2D eigenvalue weighted by atomic mass is 10.0. The Bertz CT molecular complexity index is 1730. The van der Waals surface area contributed by atoms with Crippen LogP contribution in [0.1, 0.15) is 356 Å². The number of esters is 4. The summed E-state index contributed by atoms with van der Waals surface area (Å²) in [6, 6.07) is 0. The molecule has 0 aliphatic carbocycles. The quantitative estimate of drug-likeness (QED) is 0.0222. The smallest absolute Gasteiger partial charge is 0.462 e. The van der Waals surface area contributed by atoms with Crippen LogP contribution in [-0.4, -0.2) is 96.7 Å². The van der Waals surface area contributed by atoms with Gasteiger partial charge in [0.15, 0.2) is 12.2 Å². The van der Waals surface area contributed by atoms with Crippen LogP contribution in [0.15, 0.2) is 0 Å². The van der Waals surface area contributed by atoms with E-state index in [1.54, 1.807) is 0 Å². The molecule has 0 saturated heterocycles. The number of unbranched alkanes of at least 4 members (excludes halogenated alkanes) is 39. The molecule has 19 heteroatoms. The molecule has 0 aromatic carbocycles. The molecule has 0 aromatic heterocycles. The van der Waals surface area contributed by atoms with Gasteiger partial charge in [-0.1, -0.05) is 305 Å². The molecule has 89 heavy (non-hydrogen) atoms. The van der Waals surface area contributed by atoms with Crippen molar-refractivity contribution in [3.8, 4) is 0 Å². The Morgan fingerprint density at radius 3 is 0.764 bits per heavy atom. The Morgan fingerprint density at radius 1 is 0.303 bits per heavy atom. The monoisotopic (exact) mass is 1310 g/mol. The van der Waals surface area contributed by atoms with Crippen LogP contribution >= 0.6 is 15.6 Å². The number of carbonyl (C=O) groups excluding carboxylic acids is 4. The van der Waals surface area contributed by atoms with Gasteiger partial charge in [-0.25, -0.2) is 9.13 Å². The number of aliphatic hydroxyl groups is 1. The van der Waals surface area contributed by atoms with Crippen molar-refractivity contribution in [2.75, 3.05) is 39.6 Å². The maximum absolute atomic E-state index is 13.0. The first-order chi connectivity index (χ1) is 42.9. The zero-order valence-electron chi connectivity index (χ0n) is 57.7. The van der Waals surface area contributed by atoms with Crippen molar-refractivity contribution in [1.82, 2.24) is 0 Å². The number of phosphoric ester groups is 2. The Morgan fingerprint density at radius 2 is 0.517 bits per heavy atom. The van der Waals surface area contributed by atoms with Gasteiger partial charge in [-0.2, -0.15) is 0 Å². The van der Waals surface area contributed by atoms with Gasteiger partial charge >= 0.3 is 39.5 Å². The second-order valence-corrected chi connectivity index (χ2v) is 29.1. The SMILES string of the molecule is CCCCCCCCCCCCCCCCCCCCCC(=O)O[C@H](COC(=O)CCCCCCCCCCCC(C)C)COP(=O)(O)OC[C@@H](O)COP(=O)(O)OC[C@@H](COC(=O)CCCCCCCCCCC)OC(=O)CCCCCCCCC(C)C. The Kier molecular flexibility index (Phi) is 60.8. The molecule has 0 saturated carbocycles. The van der Waals surface area contributed by atoms with Crippen molar-refractivity contribution >= 4 is 39.5 Å². The fourth-order valence-electron chi connectivity index (χ4n) is 10.6. The van der Waals surface area contributed by atoms with Crippen molar-refractivity contribution in [3.05, 3.63) is 0 Å². The molecule has 2 unspecified atom stereocenters. The number of ether oxygens (including phenoxy) is 4. The van der Waals surface area contributed by atoms with Crippen LogP contribution in [0.25, 0.3) is 0 Å². The summed E-state index contributed by atoms with van der Waals surface area (Å²) in [5.41, 5.74) is 0. The van der Waals surface area contributed by atoms with Crippen LogP contribution in [0.5, 0.6) is 0 Å². The summed E-state index contributed by atoms with van der Waals surface area (Å²) < 4.78 is 68.2. The maximum Gasteiger partial charge on any atom is 0.472 e. The number of rotatable bonds is 69. The summed E-state index contributed by atoms with van der Waals surface area (Å²) in [5.74, 6) is -0.717. The lowest BCUT2D eigenvalue weighted by Crippen LogP contribution is -2.30. The summed E-state index contributed by atoms with van der Waals surface area (Å²) in [5, 5.41) is 10.6. The Balaban J connectivity index is 5.18. The van der Waals surface area contributed by atoms with Gasteiger partial charge in [0.1, 0.15) is 19.3 Å². The molecule has 0 aromatic rings. The van der Waals surface area contributed by atoms with Crippen LogP contribution in [0.3, 0.4) is 0 Å². The minimum absolute atomic E-state index is 0.102. The highest BCUT2D eigenvalue weighted by Gasteiger charge is 2.30. The van der Waals surface area contributed by atoms with Crippen LogP contribution < -0.4 is 0 Å². The van der Waals surface area contributed by atoms with Gasteiger partial charge in [-0.15, -0.1) is 0 Å². The third kappa shape index (κ3) is 64.6. The maximum atomic E-state index is 13.0. The standard InChI is InChI=1S/C70H136O17P2/c1-7-9-11-13-15-17-18-19-20-21-22-23-24-25-26-30-35-42-48-54-69(74)86-65(58-81-68(73)53-47-41-34-31-27-29-32-38-44-50-62(3)4)60-84-88(76,77)82-56-64(71)57-83-89(78,79)85-61-66(87-70(75)55-49-43-37-36-39-45-51-63(5)6)59-80-67(72)52-46-40-33-28-16-14-12-10-8-2/h62-66,71H,7-61H2,1-6H3,(H,76,77)(H,78,79)/t64-,65-,66-/m1/s1. The minimum Gasteiger partial charge on any atom is -0.462 e. The van der Waals surface area contributed by atoms with E-state index < -0.39 is 97.5 Å². The number of phosphoric acid groups is 2. The molecular weight excluding hydrogens is 1170 g/mol. The zero-order valence-corrected chi connectivity index (χ0v) is 59.5. The molecule has 528 valence electrons. The first kappa shape index (κ1) is 87.1. The molecule has 17 nitrogen and oxygen atoms in total. The van der Waals surface area contributed by atoms with Gasteiger partial charge in [0.2, 0.25) is 0 Å². The van der Waals surface area contributed by atoms with Crippen molar-refractivity contribution in [3.63, 3.8) is 0 Å². The molecular formula is C70H136O17P2. The van der Waals surface area contributed by atoms with Crippen molar-refractivity contribution < 1.29 is 80.2 Å². The zero-order chi connectivity index (χ0) is 65.7. The fraction of sp³-hybridized carbons (Fsp3) is 0.943. The highest BCUT2D eigenvalue weighted by Crippen LogP contribution is 2.45. The number of aliphatic hydroxyl groups excluding tert-OH is 1. The molecule has 0 heterocycles. The van der Waals surface area contributed by atoms with Crippen LogP contribution in [-0.2, 0) is 65.4 Å². The van der Waals surface area contributed by atoms with E-state index in [0.717, 1.165) is 95.8 Å². The summed E-state index contributed by atoms with van der Waals surface area (Å²) in [7, 11) is -9.90. The third-order valence-corrected chi connectivity index (χ3v) is 18.1. The van der Waals surface area contributed by atoms with Crippen molar-refractivity contribution in [2.45, 2.75) is 374 Å². The third-order valence-electron chi connectivity index (χ3n) is 16.2. The molecule has 3 N–H and O–H groups in total. The topological polar surface area (TPSA) is 237 Å². The van der Waals surface area contributed by atoms with Gasteiger partial charge in [0.25, 0.3) is 0 Å². The average molecular weight is 1310 g/mol. The normalized spacial score (nSPS) is 14.1. The minimum atomic E-state index is -4.95. The average Bonchev–Trinajstić information content (AvgIpc) is 3.51. The highest BCUT2D eigenvalue weighted by molar-refractivity contribution is 7.47. The summed E-state index contributed by atoms with van der Waals surface area (Å²) >= 11 is 0. The van der Waals surface area contributed by atoms with Gasteiger partial charge < -0.3 is 33.8 Å². The predicted molar refractivity (Wildman–Crippen MR) is 358 cm³/mol. The second-order valence-electron chi connectivity index (χ2n) is 26.2. The predicted octanol–water partition coefficient (Wildman–Crippen LogP) is 20.0. The van der Waals surface area contributed by atoms with Gasteiger partial charge in [0, 0.05) is 25.7 Å². The van der Waals surface area contributed by atoms with Crippen molar-refractivity contribution in [2.24, 2.45) is 11.8 Å². The molecule has 0 aliphatic rings. The Hall–Kier alpha value is -1.94. The summed E-state index contributed by atoms with van der Waals surface area (Å²) in [6.07, 6.45) is 47.5. The van der Waals surface area contributed by atoms with E-state index in [1.807, 2.05) is 0 Å². The van der Waals surface area contributed by atoms with Crippen molar-refractivity contribution in [1.29, 1.82) is 0 Å². The van der Waals surface area contributed by atoms with Gasteiger partial charge in [-0.3, -0.25) is 37.3 Å². The highest BCUT2D eigenvalue weighted by atomic mass is 31.2. The molecule has 0 rings (SSSR count). The second kappa shape index (κ2) is 62.2. The summed E-state index contributed by atoms with van der Waals surface area (Å²) in [6.45, 7) is 9.42. The van der Waals surface area contributed by atoms with Gasteiger partial charge in [-0.05, 0) is 37.5 Å². The van der Waals surface area contributed by atoms with Crippen LogP contribution in [0.2, 0.25) is 0 Å². The van der Waals surface area contributed by atoms with E-state index in [4.69, 9.17) is 37.0 Å². The van der Waals surface area contributed by atoms with E-state index in [1.165, 1.54) is 173 Å². The van der Waals surface area contributed by atoms with Gasteiger partial charge in [0.05, 0.1) is 26.4 Å². The molecule has 0 fully saturated rings. The van der Waals surface area contributed by atoms with E-state index in [-0.39, 0.29) is 25.7 Å². The van der Waals surface area contributed by atoms with E-state index in [2.05, 4.69) is 41.5 Å². The lowest BCUT2D eigenvalue weighted by Gasteiger charge is -2.21. The lowest BCUT2D eigenvalue weighted by molar-refractivity contribution is -0.161. The van der Waals surface area contributed by atoms with Crippen LogP contribution in [0, 0.1) is 11.8 Å². The van der Waals surface area contributed by atoms with Crippen LogP contribution in [0.4, 0.5) is 0 Å². The van der Waals surface area contributed by atoms with E-state index in [9.17, 15) is 43.2 Å². The number of hydrogen-bond donors (Lipinski definition) is 3. The number of hydrogen-bond acceptors (Lipinski definition) is 15. The fourth-order valence-corrected chi connectivity index (χ4v) is 12.2. The summed E-state index contributed by atoms with van der Waals surface area (Å²) in [4.78, 5) is 72.4. The Labute approximate surface area is 543 Å². The molecule has 0 amide bonds. The number of carbonyl (C=O) groups is 4. The molecule has 5 atom stereocenters. The molecule has 0 bridgehead atoms.